The van der Waals surface area contributed by atoms with Crippen LogP contribution < -0.4 is 10.9 Å². The van der Waals surface area contributed by atoms with Crippen molar-refractivity contribution in [3.63, 3.8) is 0 Å². The number of nitrogens with zero attached hydrogens (tertiary/aromatic N) is 1. The molecule has 0 bridgehead atoms. The molecule has 1 N–H and O–H groups in total. The average molecular weight is 242 g/mol. The van der Waals surface area contributed by atoms with Crippen molar-refractivity contribution in [3.8, 4) is 0 Å². The molecule has 2 aromatic rings. The normalized spacial score (nSPS) is 19.6. The Kier molecular flexibility index (Phi) is 2.71. The second kappa shape index (κ2) is 4.25. The first-order valence-corrected chi connectivity index (χ1v) is 6.51. The third kappa shape index (κ3) is 1.66. The summed E-state index contributed by atoms with van der Waals surface area (Å²) < 4.78 is 1.79. The molecule has 3 heteroatoms. The van der Waals surface area contributed by atoms with Gasteiger partial charge in [0.1, 0.15) is 0 Å². The van der Waals surface area contributed by atoms with Crippen LogP contribution in [0.5, 0.6) is 0 Å². The summed E-state index contributed by atoms with van der Waals surface area (Å²) in [5, 5.41) is 4.56. The van der Waals surface area contributed by atoms with Crippen LogP contribution >= 0.6 is 0 Å². The number of hydrogen-bond donors (Lipinski definition) is 1. The molecule has 0 spiro atoms. The smallest absolute Gasteiger partial charge is 0.255 e. The Hall–Kier alpha value is -1.61. The predicted octanol–water partition coefficient (Wildman–Crippen LogP) is 2.27. The van der Waals surface area contributed by atoms with Gasteiger partial charge in [0.25, 0.3) is 5.56 Å². The molecule has 3 nitrogen and oxygen atoms in total. The van der Waals surface area contributed by atoms with Crippen LogP contribution in [0.1, 0.15) is 30.0 Å². The quantitative estimate of drug-likeness (QED) is 0.832. The Morgan fingerprint density at radius 1 is 1.39 bits per heavy atom. The largest absolute Gasteiger partial charge is 0.311 e. The van der Waals surface area contributed by atoms with Crippen molar-refractivity contribution < 1.29 is 0 Å². The lowest BCUT2D eigenvalue weighted by Crippen LogP contribution is -2.27. The minimum atomic E-state index is 0.135. The van der Waals surface area contributed by atoms with E-state index in [1.807, 2.05) is 13.1 Å². The van der Waals surface area contributed by atoms with Crippen molar-refractivity contribution in [1.82, 2.24) is 9.88 Å². The van der Waals surface area contributed by atoms with Crippen LogP contribution in [0.3, 0.4) is 0 Å². The number of hydrogen-bond acceptors (Lipinski definition) is 2. The molecule has 94 valence electrons. The van der Waals surface area contributed by atoms with E-state index < -0.39 is 0 Å². The van der Waals surface area contributed by atoms with Crippen LogP contribution in [0, 0.1) is 6.92 Å². The lowest BCUT2D eigenvalue weighted by molar-refractivity contribution is 0.633. The van der Waals surface area contributed by atoms with E-state index in [1.165, 1.54) is 0 Å². The van der Waals surface area contributed by atoms with Gasteiger partial charge in [-0.3, -0.25) is 4.79 Å². The molecule has 2 heterocycles. The highest BCUT2D eigenvalue weighted by Gasteiger charge is 2.20. The summed E-state index contributed by atoms with van der Waals surface area (Å²) in [6.45, 7) is 3.06. The van der Waals surface area contributed by atoms with Crippen LogP contribution in [0.25, 0.3) is 10.9 Å². The molecule has 0 aliphatic carbocycles. The summed E-state index contributed by atoms with van der Waals surface area (Å²) in [6.07, 6.45) is 2.21. The zero-order chi connectivity index (χ0) is 12.7. The van der Waals surface area contributed by atoms with Gasteiger partial charge in [0, 0.05) is 18.7 Å². The van der Waals surface area contributed by atoms with Gasteiger partial charge in [-0.05, 0) is 43.3 Å². The van der Waals surface area contributed by atoms with Crippen molar-refractivity contribution in [2.45, 2.75) is 25.8 Å². The molecular weight excluding hydrogens is 224 g/mol. The molecule has 1 aromatic carbocycles. The molecule has 1 unspecified atom stereocenters. The van der Waals surface area contributed by atoms with Crippen molar-refractivity contribution in [1.29, 1.82) is 0 Å². The van der Waals surface area contributed by atoms with Crippen LogP contribution in [-0.2, 0) is 7.05 Å². The Balaban J connectivity index is 2.29. The highest BCUT2D eigenvalue weighted by molar-refractivity contribution is 5.82. The van der Waals surface area contributed by atoms with Gasteiger partial charge in [-0.25, -0.2) is 0 Å². The summed E-state index contributed by atoms with van der Waals surface area (Å²) in [6, 6.07) is 8.48. The first kappa shape index (κ1) is 11.5. The van der Waals surface area contributed by atoms with E-state index in [2.05, 4.69) is 30.4 Å². The van der Waals surface area contributed by atoms with E-state index in [1.54, 1.807) is 4.57 Å². The highest BCUT2D eigenvalue weighted by atomic mass is 16.1. The second-order valence-electron chi connectivity index (χ2n) is 5.13. The van der Waals surface area contributed by atoms with Gasteiger partial charge in [0.2, 0.25) is 0 Å². The van der Waals surface area contributed by atoms with Gasteiger partial charge < -0.3 is 9.88 Å². The summed E-state index contributed by atoms with van der Waals surface area (Å²) in [5.74, 6) is 0. The first-order valence-electron chi connectivity index (χ1n) is 6.51. The lowest BCUT2D eigenvalue weighted by atomic mass is 10.0. The van der Waals surface area contributed by atoms with Gasteiger partial charge in [-0.2, -0.15) is 0 Å². The molecule has 1 aliphatic rings. The molecule has 1 atom stereocenters. The minimum absolute atomic E-state index is 0.135. The maximum Gasteiger partial charge on any atom is 0.255 e. The number of aromatic nitrogens is 1. The van der Waals surface area contributed by atoms with Crippen molar-refractivity contribution in [2.75, 3.05) is 6.54 Å². The molecule has 1 fully saturated rings. The zero-order valence-corrected chi connectivity index (χ0v) is 10.9. The van der Waals surface area contributed by atoms with Crippen LogP contribution in [0.4, 0.5) is 0 Å². The van der Waals surface area contributed by atoms with E-state index >= 15 is 0 Å². The Bertz CT molecular complexity index is 651. The number of fused-ring (bicyclic) bond motifs is 1. The average Bonchev–Trinajstić information content (AvgIpc) is 2.87. The monoisotopic (exact) mass is 242 g/mol. The molecule has 0 saturated carbocycles. The maximum atomic E-state index is 12.4. The Morgan fingerprint density at radius 3 is 2.94 bits per heavy atom. The molecule has 0 amide bonds. The molecule has 1 aliphatic heterocycles. The van der Waals surface area contributed by atoms with E-state index in [-0.39, 0.29) is 11.6 Å². The number of nitrogens with one attached hydrogen (secondary N) is 1. The van der Waals surface area contributed by atoms with E-state index in [0.29, 0.717) is 0 Å². The van der Waals surface area contributed by atoms with Gasteiger partial charge in [-0.1, -0.05) is 18.2 Å². The van der Waals surface area contributed by atoms with Crippen LogP contribution in [-0.4, -0.2) is 11.1 Å². The van der Waals surface area contributed by atoms with Crippen LogP contribution in [0.2, 0.25) is 0 Å². The zero-order valence-electron chi connectivity index (χ0n) is 10.9. The molecule has 1 saturated heterocycles. The van der Waals surface area contributed by atoms with Crippen LogP contribution in [0.15, 0.2) is 29.1 Å². The van der Waals surface area contributed by atoms with E-state index in [9.17, 15) is 4.79 Å². The fraction of sp³-hybridized carbons (Fsp3) is 0.400. The third-order valence-corrected chi connectivity index (χ3v) is 3.90. The Morgan fingerprint density at radius 2 is 2.22 bits per heavy atom. The summed E-state index contributed by atoms with van der Waals surface area (Å²) in [5.41, 5.74) is 3.24. The third-order valence-electron chi connectivity index (χ3n) is 3.90. The summed E-state index contributed by atoms with van der Waals surface area (Å²) in [7, 11) is 1.87. The summed E-state index contributed by atoms with van der Waals surface area (Å²) in [4.78, 5) is 12.4. The number of pyridine rings is 1. The molecule has 1 aromatic heterocycles. The number of para-hydroxylation sites is 1. The molecule has 3 rings (SSSR count). The highest BCUT2D eigenvalue weighted by Crippen LogP contribution is 2.24. The number of rotatable bonds is 1. The van der Waals surface area contributed by atoms with E-state index in [4.69, 9.17) is 0 Å². The predicted molar refractivity (Wildman–Crippen MR) is 73.9 cm³/mol. The molecule has 0 radical (unpaired) electrons. The fourth-order valence-corrected chi connectivity index (χ4v) is 2.98. The van der Waals surface area contributed by atoms with Gasteiger partial charge in [-0.15, -0.1) is 0 Å². The van der Waals surface area contributed by atoms with Gasteiger partial charge >= 0.3 is 0 Å². The summed E-state index contributed by atoms with van der Waals surface area (Å²) >= 11 is 0. The minimum Gasteiger partial charge on any atom is -0.311 e. The number of aryl methyl sites for hydroxylation is 2. The maximum absolute atomic E-state index is 12.4. The number of benzene rings is 1. The SMILES string of the molecule is Cc1cccc2cc(C3CCCN3)c(=O)n(C)c12. The molecule has 18 heavy (non-hydrogen) atoms. The lowest BCUT2D eigenvalue weighted by Gasteiger charge is -2.15. The molecular formula is C15H18N2O. The topological polar surface area (TPSA) is 34.0 Å². The standard InChI is InChI=1S/C15H18N2O/c1-10-5-3-6-11-9-12(13-7-4-8-16-13)15(18)17(2)14(10)11/h3,5-6,9,13,16H,4,7-8H2,1-2H3. The van der Waals surface area contributed by atoms with Crippen molar-refractivity contribution in [2.24, 2.45) is 7.05 Å². The van der Waals surface area contributed by atoms with Gasteiger partial charge in [0.15, 0.2) is 0 Å². The Labute approximate surface area is 106 Å². The van der Waals surface area contributed by atoms with Crippen molar-refractivity contribution >= 4 is 10.9 Å². The first-order chi connectivity index (χ1) is 8.68. The van der Waals surface area contributed by atoms with Gasteiger partial charge in [0.05, 0.1) is 5.52 Å². The fourth-order valence-electron chi connectivity index (χ4n) is 2.98. The van der Waals surface area contributed by atoms with E-state index in [0.717, 1.165) is 41.4 Å². The van der Waals surface area contributed by atoms with Crippen molar-refractivity contribution in [3.05, 3.63) is 45.7 Å². The second-order valence-corrected chi connectivity index (χ2v) is 5.13.